The molecule has 0 spiro atoms. The van der Waals surface area contributed by atoms with E-state index >= 15 is 0 Å². The van der Waals surface area contributed by atoms with Gasteiger partial charge in [0, 0.05) is 0 Å². The maximum absolute atomic E-state index is 4.89. The Morgan fingerprint density at radius 3 is 1.13 bits per heavy atom. The van der Waals surface area contributed by atoms with Gasteiger partial charge in [0.15, 0.2) is 0 Å². The third-order valence-electron chi connectivity index (χ3n) is 5.44. The molecule has 165 valence electrons. The van der Waals surface area contributed by atoms with E-state index < -0.39 is 14.3 Å². The number of unbranched alkanes of at least 4 members (excludes halogenated alkanes) is 8. The molecule has 31 heavy (non-hydrogen) atoms. The Kier molecular flexibility index (Phi) is 14.3. The quantitative estimate of drug-likeness (QED) is 0.164. The Labute approximate surface area is 201 Å². The van der Waals surface area contributed by atoms with Gasteiger partial charge >= 0.3 is 119 Å². The van der Waals surface area contributed by atoms with E-state index in [0.29, 0.717) is 0 Å². The van der Waals surface area contributed by atoms with E-state index in [0.717, 1.165) is 5.75 Å². The van der Waals surface area contributed by atoms with Crippen LogP contribution in [0.25, 0.3) is 0 Å². The first kappa shape index (κ1) is 25.8. The second kappa shape index (κ2) is 17.1. The molecule has 0 aliphatic carbocycles. The zero-order valence-corrected chi connectivity index (χ0v) is 22.1. The summed E-state index contributed by atoms with van der Waals surface area (Å²) in [5, 5.41) is 0. The summed E-state index contributed by atoms with van der Waals surface area (Å²) in [6, 6.07) is 32.8. The summed E-state index contributed by atoms with van der Waals surface area (Å²) in [5.74, 6) is 0.954. The van der Waals surface area contributed by atoms with Crippen LogP contribution in [0.2, 0.25) is 0 Å². The molecule has 0 saturated carbocycles. The first-order valence-corrected chi connectivity index (χ1v) is 15.7. The molecule has 1 radical (unpaired) electrons. The molecule has 0 unspecified atom stereocenters. The fraction of sp³-hybridized carbons (Fsp3) is 0.379. The molecular formula is C29H38GeS-. The molecule has 0 nitrogen and oxygen atoms in total. The van der Waals surface area contributed by atoms with Crippen LogP contribution in [-0.4, -0.2) is 20.1 Å². The first-order valence-electron chi connectivity index (χ1n) is 12.0. The Bertz CT molecular complexity index is 670. The van der Waals surface area contributed by atoms with Crippen LogP contribution in [-0.2, 0) is 12.6 Å². The van der Waals surface area contributed by atoms with Crippen LogP contribution in [0.3, 0.4) is 0 Å². The van der Waals surface area contributed by atoms with Gasteiger partial charge in [0.25, 0.3) is 0 Å². The molecule has 0 N–H and O–H groups in total. The molecule has 0 atom stereocenters. The van der Waals surface area contributed by atoms with Crippen LogP contribution < -0.4 is 13.2 Å². The van der Waals surface area contributed by atoms with Gasteiger partial charge < -0.3 is 12.6 Å². The summed E-state index contributed by atoms with van der Waals surface area (Å²) in [5.41, 5.74) is 0. The number of benzene rings is 3. The summed E-state index contributed by atoms with van der Waals surface area (Å²) in [7, 11) is 0. The van der Waals surface area contributed by atoms with Gasteiger partial charge in [0.05, 0.1) is 0 Å². The second-order valence-electron chi connectivity index (χ2n) is 8.01. The van der Waals surface area contributed by atoms with Crippen molar-refractivity contribution in [2.24, 2.45) is 0 Å². The average Bonchev–Trinajstić information content (AvgIpc) is 2.84. The van der Waals surface area contributed by atoms with Crippen molar-refractivity contribution in [1.29, 1.82) is 0 Å². The molecule has 0 aromatic heterocycles. The molecule has 0 fully saturated rings. The summed E-state index contributed by atoms with van der Waals surface area (Å²) in [6.45, 7) is 2.27. The molecule has 3 aromatic rings. The minimum absolute atomic E-state index is 0.954. The van der Waals surface area contributed by atoms with Crippen LogP contribution in [0.1, 0.15) is 64.7 Å². The van der Waals surface area contributed by atoms with Crippen molar-refractivity contribution in [2.75, 3.05) is 5.75 Å². The predicted octanol–water partition coefficient (Wildman–Crippen LogP) is 6.27. The van der Waals surface area contributed by atoms with Crippen LogP contribution in [0.5, 0.6) is 0 Å². The van der Waals surface area contributed by atoms with Crippen molar-refractivity contribution in [1.82, 2.24) is 0 Å². The third-order valence-corrected chi connectivity index (χ3v) is 11.5. The number of hydrogen-bond acceptors (Lipinski definition) is 1. The van der Waals surface area contributed by atoms with Gasteiger partial charge in [-0.15, -0.1) is 0 Å². The minimum atomic E-state index is -1.63. The van der Waals surface area contributed by atoms with Crippen molar-refractivity contribution < 1.29 is 0 Å². The van der Waals surface area contributed by atoms with Crippen LogP contribution >= 0.6 is 0 Å². The van der Waals surface area contributed by atoms with E-state index in [9.17, 15) is 0 Å². The summed E-state index contributed by atoms with van der Waals surface area (Å²) < 4.78 is 4.50. The fourth-order valence-corrected chi connectivity index (χ4v) is 9.34. The standard InChI is InChI=1S/C18H15Ge.C11H24S/c1-4-10-16(11-5-1)19(17-12-6-2-7-13-17)18-14-8-3-9-15-18;1-2-3-4-5-6-7-8-9-10-11-12/h1-15H;12H,2-11H2,1H3/p-1. The number of rotatable bonds is 12. The molecule has 0 aliphatic heterocycles. The van der Waals surface area contributed by atoms with E-state index in [1.807, 2.05) is 0 Å². The van der Waals surface area contributed by atoms with E-state index in [4.69, 9.17) is 12.6 Å². The van der Waals surface area contributed by atoms with Gasteiger partial charge in [-0.3, -0.25) is 0 Å². The van der Waals surface area contributed by atoms with E-state index in [1.54, 1.807) is 0 Å². The van der Waals surface area contributed by atoms with Gasteiger partial charge in [-0.05, 0) is 0 Å². The van der Waals surface area contributed by atoms with Crippen LogP contribution in [0.4, 0.5) is 0 Å². The predicted molar refractivity (Wildman–Crippen MR) is 143 cm³/mol. The zero-order valence-electron chi connectivity index (χ0n) is 19.1. The molecule has 0 aliphatic rings. The molecule has 0 bridgehead atoms. The third kappa shape index (κ3) is 10.6. The second-order valence-corrected chi connectivity index (χ2v) is 13.6. The van der Waals surface area contributed by atoms with Crippen molar-refractivity contribution in [3.05, 3.63) is 91.0 Å². The van der Waals surface area contributed by atoms with Crippen molar-refractivity contribution in [3.8, 4) is 0 Å². The van der Waals surface area contributed by atoms with Gasteiger partial charge in [0.2, 0.25) is 0 Å². The normalized spacial score (nSPS) is 10.5. The first-order chi connectivity index (χ1) is 15.4. The molecule has 2 heteroatoms. The molecule has 0 saturated heterocycles. The fourth-order valence-electron chi connectivity index (χ4n) is 3.73. The topological polar surface area (TPSA) is 0 Å². The van der Waals surface area contributed by atoms with Gasteiger partial charge in [-0.25, -0.2) is 0 Å². The van der Waals surface area contributed by atoms with Gasteiger partial charge in [-0.2, -0.15) is 5.75 Å². The molecule has 0 amide bonds. The summed E-state index contributed by atoms with van der Waals surface area (Å²) in [4.78, 5) is 0. The average molecular weight is 491 g/mol. The molecular weight excluding hydrogens is 453 g/mol. The Hall–Kier alpha value is -1.45. The number of hydrogen-bond donors (Lipinski definition) is 0. The Morgan fingerprint density at radius 1 is 0.484 bits per heavy atom. The zero-order chi connectivity index (χ0) is 22.0. The van der Waals surface area contributed by atoms with Crippen molar-refractivity contribution in [2.45, 2.75) is 64.7 Å². The summed E-state index contributed by atoms with van der Waals surface area (Å²) in [6.07, 6.45) is 12.6. The van der Waals surface area contributed by atoms with Crippen LogP contribution in [0, 0.1) is 0 Å². The Morgan fingerprint density at radius 2 is 0.806 bits per heavy atom. The van der Waals surface area contributed by atoms with Gasteiger partial charge in [0.1, 0.15) is 0 Å². The maximum atomic E-state index is 4.89. The van der Waals surface area contributed by atoms with E-state index in [-0.39, 0.29) is 0 Å². The van der Waals surface area contributed by atoms with Crippen molar-refractivity contribution >= 4 is 40.2 Å². The summed E-state index contributed by atoms with van der Waals surface area (Å²) >= 11 is 3.26. The molecule has 0 heterocycles. The van der Waals surface area contributed by atoms with Gasteiger partial charge in [-0.1, -0.05) is 64.7 Å². The van der Waals surface area contributed by atoms with E-state index in [2.05, 4.69) is 97.9 Å². The van der Waals surface area contributed by atoms with Crippen molar-refractivity contribution in [3.63, 3.8) is 0 Å². The molecule has 3 aromatic carbocycles. The van der Waals surface area contributed by atoms with Crippen LogP contribution in [0.15, 0.2) is 91.0 Å². The van der Waals surface area contributed by atoms with E-state index in [1.165, 1.54) is 71.0 Å². The Balaban J connectivity index is 0.000000248. The monoisotopic (exact) mass is 492 g/mol. The SMILES string of the molecule is CCCCCCCCCCC[S-].c1cc[c]([Ge]([c]2ccccc2)[c]2ccccc2)cc1. The molecule has 3 rings (SSSR count).